The van der Waals surface area contributed by atoms with Gasteiger partial charge in [0.05, 0.1) is 13.5 Å². The summed E-state index contributed by atoms with van der Waals surface area (Å²) in [5.41, 5.74) is 0.822. The van der Waals surface area contributed by atoms with Gasteiger partial charge in [0.1, 0.15) is 5.75 Å². The van der Waals surface area contributed by atoms with Crippen LogP contribution in [0.2, 0.25) is 0 Å². The highest BCUT2D eigenvalue weighted by molar-refractivity contribution is 5.82. The van der Waals surface area contributed by atoms with Crippen LogP contribution in [0, 0.1) is 5.92 Å². The van der Waals surface area contributed by atoms with E-state index in [-0.39, 0.29) is 31.3 Å². The Kier molecular flexibility index (Phi) is 6.27. The van der Waals surface area contributed by atoms with Gasteiger partial charge in [0.2, 0.25) is 5.91 Å². The number of ether oxygens (including phenoxy) is 1. The smallest absolute Gasteiger partial charge is 0.471 e. The molecule has 0 unspecified atom stereocenters. The number of nitrogens with one attached hydrogen (secondary N) is 1. The molecule has 2 rings (SSSR count). The fraction of sp³-hybridized carbons (Fsp3) is 0.529. The van der Waals surface area contributed by atoms with Crippen molar-refractivity contribution in [3.05, 3.63) is 29.8 Å². The Morgan fingerprint density at radius 2 is 1.96 bits per heavy atom. The fourth-order valence-electron chi connectivity index (χ4n) is 2.81. The monoisotopic (exact) mass is 358 g/mol. The Hall–Kier alpha value is -2.25. The quantitative estimate of drug-likeness (QED) is 0.878. The van der Waals surface area contributed by atoms with Crippen molar-refractivity contribution in [1.29, 1.82) is 0 Å². The summed E-state index contributed by atoms with van der Waals surface area (Å²) < 4.78 is 42.3. The number of alkyl halides is 3. The normalized spacial score (nSPS) is 15.8. The van der Waals surface area contributed by atoms with Gasteiger partial charge < -0.3 is 15.0 Å². The largest absolute Gasteiger partial charge is 0.497 e. The van der Waals surface area contributed by atoms with Gasteiger partial charge in [0.15, 0.2) is 0 Å². The van der Waals surface area contributed by atoms with Crippen molar-refractivity contribution in [3.8, 4) is 5.75 Å². The lowest BCUT2D eigenvalue weighted by Gasteiger charge is -2.32. The van der Waals surface area contributed by atoms with E-state index in [2.05, 4.69) is 5.32 Å². The summed E-state index contributed by atoms with van der Waals surface area (Å²) in [5.74, 6) is -1.19. The number of methoxy groups -OCH3 is 1. The predicted molar refractivity (Wildman–Crippen MR) is 85.1 cm³/mol. The Bertz CT molecular complexity index is 611. The van der Waals surface area contributed by atoms with Crippen LogP contribution in [0.4, 0.5) is 13.2 Å². The Morgan fingerprint density at radius 3 is 2.56 bits per heavy atom. The molecule has 1 heterocycles. The van der Waals surface area contributed by atoms with E-state index < -0.39 is 12.1 Å². The van der Waals surface area contributed by atoms with Gasteiger partial charge in [0.25, 0.3) is 0 Å². The number of carbonyl (C=O) groups excluding carboxylic acids is 2. The lowest BCUT2D eigenvalue weighted by atomic mass is 9.96. The number of hydrogen-bond donors (Lipinski definition) is 1. The lowest BCUT2D eigenvalue weighted by molar-refractivity contribution is -0.186. The van der Waals surface area contributed by atoms with Crippen molar-refractivity contribution in [3.63, 3.8) is 0 Å². The summed E-state index contributed by atoms with van der Waals surface area (Å²) >= 11 is 0. The summed E-state index contributed by atoms with van der Waals surface area (Å²) in [6.07, 6.45) is -3.72. The van der Waals surface area contributed by atoms with Gasteiger partial charge in [-0.05, 0) is 36.5 Å². The minimum absolute atomic E-state index is 0.0643. The summed E-state index contributed by atoms with van der Waals surface area (Å²) in [6, 6.07) is 7.19. The molecule has 0 saturated carbocycles. The van der Waals surface area contributed by atoms with Gasteiger partial charge in [0, 0.05) is 19.6 Å². The topological polar surface area (TPSA) is 58.6 Å². The van der Waals surface area contributed by atoms with Gasteiger partial charge >= 0.3 is 12.1 Å². The lowest BCUT2D eigenvalue weighted by Crippen LogP contribution is -2.46. The van der Waals surface area contributed by atoms with Gasteiger partial charge in [-0.1, -0.05) is 12.1 Å². The van der Waals surface area contributed by atoms with Gasteiger partial charge in [-0.25, -0.2) is 0 Å². The van der Waals surface area contributed by atoms with Crippen LogP contribution in [0.1, 0.15) is 18.4 Å². The van der Waals surface area contributed by atoms with E-state index in [1.807, 2.05) is 6.07 Å². The molecule has 1 saturated heterocycles. The van der Waals surface area contributed by atoms with Crippen LogP contribution < -0.4 is 10.1 Å². The van der Waals surface area contributed by atoms with Crippen LogP contribution in [-0.4, -0.2) is 49.6 Å². The van der Waals surface area contributed by atoms with Crippen LogP contribution in [0.15, 0.2) is 24.3 Å². The number of carbonyl (C=O) groups is 2. The Labute approximate surface area is 144 Å². The van der Waals surface area contributed by atoms with E-state index in [1.165, 1.54) is 0 Å². The third-order valence-electron chi connectivity index (χ3n) is 4.23. The van der Waals surface area contributed by atoms with Crippen LogP contribution >= 0.6 is 0 Å². The number of hydrogen-bond acceptors (Lipinski definition) is 3. The molecule has 1 aromatic carbocycles. The van der Waals surface area contributed by atoms with Crippen molar-refractivity contribution in [1.82, 2.24) is 10.2 Å². The van der Waals surface area contributed by atoms with Gasteiger partial charge in [-0.2, -0.15) is 13.2 Å². The second-order valence-electron chi connectivity index (χ2n) is 6.07. The Balaban J connectivity index is 1.73. The molecule has 8 heteroatoms. The average Bonchev–Trinajstić information content (AvgIpc) is 2.59. The zero-order chi connectivity index (χ0) is 18.4. The SMILES string of the molecule is COc1cccc(CC(=O)NCC2CCN(C(=O)C(F)(F)F)CC2)c1. The number of amides is 2. The second-order valence-corrected chi connectivity index (χ2v) is 6.07. The van der Waals surface area contributed by atoms with E-state index in [4.69, 9.17) is 4.74 Å². The van der Waals surface area contributed by atoms with Crippen molar-refractivity contribution in [2.75, 3.05) is 26.7 Å². The van der Waals surface area contributed by atoms with Crippen molar-refractivity contribution < 1.29 is 27.5 Å². The summed E-state index contributed by atoms with van der Waals surface area (Å²) in [5, 5.41) is 2.81. The summed E-state index contributed by atoms with van der Waals surface area (Å²) in [6.45, 7) is 0.528. The van der Waals surface area contributed by atoms with Crippen LogP contribution in [-0.2, 0) is 16.0 Å². The molecule has 0 spiro atoms. The van der Waals surface area contributed by atoms with Crippen LogP contribution in [0.25, 0.3) is 0 Å². The fourth-order valence-corrected chi connectivity index (χ4v) is 2.81. The zero-order valence-electron chi connectivity index (χ0n) is 13.9. The van der Waals surface area contributed by atoms with E-state index in [0.29, 0.717) is 25.1 Å². The average molecular weight is 358 g/mol. The molecular weight excluding hydrogens is 337 g/mol. The molecule has 0 aliphatic carbocycles. The number of likely N-dealkylation sites (tertiary alicyclic amines) is 1. The van der Waals surface area contributed by atoms with E-state index in [9.17, 15) is 22.8 Å². The maximum Gasteiger partial charge on any atom is 0.471 e. The standard InChI is InChI=1S/C17H21F3N2O3/c1-25-14-4-2-3-13(9-14)10-15(23)21-11-12-5-7-22(8-6-12)16(24)17(18,19)20/h2-4,9,12H,5-8,10-11H2,1H3,(H,21,23). The highest BCUT2D eigenvalue weighted by Crippen LogP contribution is 2.23. The van der Waals surface area contributed by atoms with Crippen molar-refractivity contribution >= 4 is 11.8 Å². The highest BCUT2D eigenvalue weighted by atomic mass is 19.4. The van der Waals surface area contributed by atoms with E-state index in [1.54, 1.807) is 25.3 Å². The minimum Gasteiger partial charge on any atom is -0.497 e. The first-order valence-electron chi connectivity index (χ1n) is 8.05. The van der Waals surface area contributed by atoms with Gasteiger partial charge in [-0.3, -0.25) is 9.59 Å². The molecule has 5 nitrogen and oxygen atoms in total. The molecule has 2 amide bonds. The maximum absolute atomic E-state index is 12.4. The van der Waals surface area contributed by atoms with E-state index in [0.717, 1.165) is 10.5 Å². The molecule has 1 aromatic rings. The third kappa shape index (κ3) is 5.65. The zero-order valence-corrected chi connectivity index (χ0v) is 13.9. The minimum atomic E-state index is -4.82. The molecule has 1 fully saturated rings. The number of piperidine rings is 1. The predicted octanol–water partition coefficient (Wildman–Crippen LogP) is 2.15. The molecule has 138 valence electrons. The van der Waals surface area contributed by atoms with Crippen molar-refractivity contribution in [2.45, 2.75) is 25.4 Å². The number of halogens is 3. The first-order chi connectivity index (χ1) is 11.8. The number of rotatable bonds is 5. The van der Waals surface area contributed by atoms with Crippen molar-refractivity contribution in [2.24, 2.45) is 5.92 Å². The number of benzene rings is 1. The molecule has 1 N–H and O–H groups in total. The van der Waals surface area contributed by atoms with Crippen LogP contribution in [0.3, 0.4) is 0 Å². The molecule has 0 bridgehead atoms. The number of nitrogens with zero attached hydrogens (tertiary/aromatic N) is 1. The molecular formula is C17H21F3N2O3. The molecule has 25 heavy (non-hydrogen) atoms. The highest BCUT2D eigenvalue weighted by Gasteiger charge is 2.43. The van der Waals surface area contributed by atoms with Gasteiger partial charge in [-0.15, -0.1) is 0 Å². The summed E-state index contributed by atoms with van der Waals surface area (Å²) in [7, 11) is 1.55. The van der Waals surface area contributed by atoms with E-state index >= 15 is 0 Å². The molecule has 1 aliphatic heterocycles. The Morgan fingerprint density at radius 1 is 1.28 bits per heavy atom. The van der Waals surface area contributed by atoms with Crippen LogP contribution in [0.5, 0.6) is 5.75 Å². The molecule has 0 aromatic heterocycles. The second kappa shape index (κ2) is 8.22. The third-order valence-corrected chi connectivity index (χ3v) is 4.23. The summed E-state index contributed by atoms with van der Waals surface area (Å²) in [4.78, 5) is 24.0. The maximum atomic E-state index is 12.4. The molecule has 0 radical (unpaired) electrons. The first-order valence-corrected chi connectivity index (χ1v) is 8.05. The first kappa shape index (κ1) is 19.1. The molecule has 1 aliphatic rings. The molecule has 0 atom stereocenters.